The Morgan fingerprint density at radius 1 is 1.00 bits per heavy atom. The summed E-state index contributed by atoms with van der Waals surface area (Å²) in [7, 11) is -1.42. The van der Waals surface area contributed by atoms with E-state index in [2.05, 4.69) is 20.8 Å². The van der Waals surface area contributed by atoms with Crippen LogP contribution in [-0.4, -0.2) is 85.7 Å². The molecule has 0 amide bonds. The summed E-state index contributed by atoms with van der Waals surface area (Å²) >= 11 is 0. The maximum absolute atomic E-state index is 12.5. The van der Waals surface area contributed by atoms with Gasteiger partial charge in [-0.25, -0.2) is 9.59 Å². The van der Waals surface area contributed by atoms with Crippen LogP contribution in [0.25, 0.3) is 0 Å². The van der Waals surface area contributed by atoms with Crippen LogP contribution in [0.2, 0.25) is 0 Å². The third-order valence-corrected chi connectivity index (χ3v) is 7.29. The zero-order valence-electron chi connectivity index (χ0n) is 13.6. The number of rotatable bonds is 9. The van der Waals surface area contributed by atoms with Crippen LogP contribution in [0.3, 0.4) is 0 Å². The van der Waals surface area contributed by atoms with Crippen molar-refractivity contribution in [3.8, 4) is 0 Å². The van der Waals surface area contributed by atoms with Crippen molar-refractivity contribution in [2.75, 3.05) is 17.3 Å². The number of hydrogen-bond acceptors (Lipinski definition) is 3. The molecule has 0 fully saturated rings. The van der Waals surface area contributed by atoms with Gasteiger partial charge in [-0.3, -0.25) is 0 Å². The summed E-state index contributed by atoms with van der Waals surface area (Å²) in [5.74, 6) is 1.31. The fraction of sp³-hybridized carbons (Fsp3) is 0.529. The molecule has 0 aliphatic rings. The van der Waals surface area contributed by atoms with Gasteiger partial charge in [-0.15, -0.1) is 0 Å². The molecule has 0 spiro atoms. The van der Waals surface area contributed by atoms with Gasteiger partial charge in [0.1, 0.15) is 0 Å². The number of carboxylic acids is 1. The molecule has 0 saturated carbocycles. The number of carboxylic acid groups (broad SMARTS) is 1. The predicted molar refractivity (Wildman–Crippen MR) is 99.0 cm³/mol. The van der Waals surface area contributed by atoms with Crippen LogP contribution in [0, 0.1) is 0 Å². The van der Waals surface area contributed by atoms with E-state index in [0.717, 1.165) is 36.5 Å². The van der Waals surface area contributed by atoms with E-state index in [1.807, 2.05) is 0 Å². The zero-order valence-corrected chi connectivity index (χ0v) is 14.4. The van der Waals surface area contributed by atoms with Crippen LogP contribution in [0.5, 0.6) is 0 Å². The maximum atomic E-state index is 12.5. The Bertz CT molecular complexity index is 502. The summed E-state index contributed by atoms with van der Waals surface area (Å²) in [4.78, 5) is 23.5. The molecule has 1 N–H and O–H groups in total. The second-order valence-electron chi connectivity index (χ2n) is 5.34. The molecule has 0 radical (unpaired) electrons. The zero-order chi connectivity index (χ0) is 16.6. The van der Waals surface area contributed by atoms with Crippen LogP contribution in [0.4, 0.5) is 0 Å². The van der Waals surface area contributed by atoms with Crippen LogP contribution < -0.4 is 0 Å². The first-order valence-corrected chi connectivity index (χ1v) is 9.88. The van der Waals surface area contributed by atoms with Gasteiger partial charge in [0, 0.05) is 17.3 Å². The van der Waals surface area contributed by atoms with Crippen molar-refractivity contribution < 1.29 is 18.9 Å². The number of carbonyl (C=O) groups is 2. The molecule has 0 bridgehead atoms. The summed E-state index contributed by atoms with van der Waals surface area (Å²) in [6, 6.07) is 6.06. The standard InChI is InChI=1S/C17H26O4S.K.H/c1-4-10-22(11-5-2,12-6-3)21-17(20)15-9-7-8-14(13-15)16(18)19;;/h7-9,13H,4-6,10-12H2,1-3H3,(H,18,19);;. The van der Waals surface area contributed by atoms with Crippen LogP contribution in [0.15, 0.2) is 24.3 Å². The van der Waals surface area contributed by atoms with Gasteiger partial charge in [0.15, 0.2) is 0 Å². The molecule has 0 aliphatic heterocycles. The van der Waals surface area contributed by atoms with Crippen molar-refractivity contribution >= 4 is 73.6 Å². The molecular weight excluding hydrogens is 339 g/mol. The topological polar surface area (TPSA) is 63.6 Å². The number of carbonyl (C=O) groups excluding carboxylic acids is 1. The van der Waals surface area contributed by atoms with E-state index >= 15 is 0 Å². The van der Waals surface area contributed by atoms with E-state index in [-0.39, 0.29) is 56.9 Å². The molecule has 1 aromatic rings. The molecule has 0 atom stereocenters. The SMILES string of the molecule is CCCS(CCC)(CCC)OC(=O)c1cccc(C(=O)O)c1.[KH]. The predicted octanol–water partition coefficient (Wildman–Crippen LogP) is 3.84. The van der Waals surface area contributed by atoms with Crippen molar-refractivity contribution in [1.29, 1.82) is 0 Å². The first-order chi connectivity index (χ1) is 10.5. The number of hydrogen-bond donors (Lipinski definition) is 1. The Morgan fingerprint density at radius 3 is 1.91 bits per heavy atom. The molecule has 23 heavy (non-hydrogen) atoms. The fourth-order valence-electron chi connectivity index (χ4n) is 2.54. The Hall–Kier alpha value is 0.146. The van der Waals surface area contributed by atoms with E-state index in [0.29, 0.717) is 5.56 Å². The monoisotopic (exact) mass is 366 g/mol. The summed E-state index contributed by atoms with van der Waals surface area (Å²) in [6.45, 7) is 6.31. The van der Waals surface area contributed by atoms with Crippen molar-refractivity contribution in [1.82, 2.24) is 0 Å². The first kappa shape index (κ1) is 23.1. The van der Waals surface area contributed by atoms with Crippen LogP contribution in [-0.2, 0) is 4.18 Å². The second kappa shape index (κ2) is 11.7. The van der Waals surface area contributed by atoms with Crippen molar-refractivity contribution in [3.05, 3.63) is 35.4 Å². The quantitative estimate of drug-likeness (QED) is 0.674. The molecular formula is C17H27KO4S. The molecule has 0 saturated heterocycles. The molecule has 0 unspecified atom stereocenters. The molecule has 1 rings (SSSR count). The van der Waals surface area contributed by atoms with Crippen molar-refractivity contribution in [3.63, 3.8) is 0 Å². The van der Waals surface area contributed by atoms with E-state index in [9.17, 15) is 9.59 Å². The normalized spacial score (nSPS) is 11.4. The van der Waals surface area contributed by atoms with E-state index in [1.54, 1.807) is 12.1 Å². The first-order valence-electron chi connectivity index (χ1n) is 7.81. The Morgan fingerprint density at radius 2 is 1.48 bits per heavy atom. The van der Waals surface area contributed by atoms with Gasteiger partial charge >= 0.3 is 63.3 Å². The summed E-state index contributed by atoms with van der Waals surface area (Å²) in [6.07, 6.45) is 2.95. The molecule has 0 aromatic heterocycles. The van der Waals surface area contributed by atoms with Gasteiger partial charge in [0.25, 0.3) is 0 Å². The Labute approximate surface area is 183 Å². The Kier molecular flexibility index (Phi) is 11.7. The van der Waals surface area contributed by atoms with Crippen molar-refractivity contribution in [2.24, 2.45) is 0 Å². The minimum atomic E-state index is -1.42. The number of aromatic carboxylic acids is 1. The molecule has 6 heteroatoms. The average molecular weight is 367 g/mol. The van der Waals surface area contributed by atoms with Gasteiger partial charge < -0.3 is 9.29 Å². The average Bonchev–Trinajstić information content (AvgIpc) is 2.48. The van der Waals surface area contributed by atoms with Crippen molar-refractivity contribution in [2.45, 2.75) is 40.0 Å². The van der Waals surface area contributed by atoms with Crippen LogP contribution in [0.1, 0.15) is 60.7 Å². The molecule has 126 valence electrons. The van der Waals surface area contributed by atoms with Gasteiger partial charge in [-0.2, -0.15) is 0 Å². The van der Waals surface area contributed by atoms with E-state index in [4.69, 9.17) is 9.29 Å². The van der Waals surface area contributed by atoms with Gasteiger partial charge in [0.05, 0.1) is 11.1 Å². The minimum absolute atomic E-state index is 0. The molecule has 4 nitrogen and oxygen atoms in total. The van der Waals surface area contributed by atoms with E-state index < -0.39 is 22.2 Å². The second-order valence-corrected chi connectivity index (χ2v) is 8.66. The number of benzene rings is 1. The summed E-state index contributed by atoms with van der Waals surface area (Å²) in [5, 5.41) is 9.03. The van der Waals surface area contributed by atoms with Gasteiger partial charge in [-0.1, -0.05) is 37.1 Å². The summed E-state index contributed by atoms with van der Waals surface area (Å²) in [5.41, 5.74) is 0.427. The third kappa shape index (κ3) is 7.28. The molecule has 0 aliphatic carbocycles. The van der Waals surface area contributed by atoms with Gasteiger partial charge in [0.2, 0.25) is 0 Å². The van der Waals surface area contributed by atoms with E-state index in [1.165, 1.54) is 12.1 Å². The molecule has 1 aromatic carbocycles. The molecule has 0 heterocycles. The third-order valence-electron chi connectivity index (χ3n) is 3.33. The van der Waals surface area contributed by atoms with Crippen LogP contribution >= 0.6 is 10.3 Å². The Balaban J connectivity index is 0.00000484. The summed E-state index contributed by atoms with van der Waals surface area (Å²) < 4.78 is 5.93. The fourth-order valence-corrected chi connectivity index (χ4v) is 6.05. The van der Waals surface area contributed by atoms with Gasteiger partial charge in [-0.05, 0) is 37.5 Å².